The van der Waals surface area contributed by atoms with Gasteiger partial charge >= 0.3 is 5.97 Å². The molecule has 22 heavy (non-hydrogen) atoms. The number of nitrogens with one attached hydrogen (secondary N) is 1. The quantitative estimate of drug-likeness (QED) is 0.874. The van der Waals surface area contributed by atoms with Gasteiger partial charge in [-0.25, -0.2) is 9.78 Å². The molecule has 0 aliphatic carbocycles. The van der Waals surface area contributed by atoms with Gasteiger partial charge in [-0.15, -0.1) is 0 Å². The molecule has 1 aliphatic rings. The molecular weight excluding hydrogens is 282 g/mol. The molecule has 118 valence electrons. The second-order valence-corrected chi connectivity index (χ2v) is 5.83. The molecule has 6 nitrogen and oxygen atoms in total. The van der Waals surface area contributed by atoms with Gasteiger partial charge in [-0.2, -0.15) is 0 Å². The van der Waals surface area contributed by atoms with Crippen molar-refractivity contribution < 1.29 is 14.3 Å². The number of nitrogens with zero attached hydrogens (tertiary/aromatic N) is 2. The van der Waals surface area contributed by atoms with Crippen LogP contribution in [0.5, 0.6) is 0 Å². The number of ether oxygens (including phenoxy) is 2. The maximum Gasteiger partial charge on any atom is 0.337 e. The van der Waals surface area contributed by atoms with E-state index in [9.17, 15) is 4.79 Å². The Labute approximate surface area is 129 Å². The predicted octanol–water partition coefficient (Wildman–Crippen LogP) is 1.89. The Morgan fingerprint density at radius 3 is 3.09 bits per heavy atom. The molecule has 0 spiro atoms. The van der Waals surface area contributed by atoms with Crippen molar-refractivity contribution in [1.82, 2.24) is 14.9 Å². The average molecular weight is 303 g/mol. The molecule has 2 aromatic rings. The number of hydrogen-bond donors (Lipinski definition) is 1. The van der Waals surface area contributed by atoms with Crippen molar-refractivity contribution in [3.8, 4) is 0 Å². The first-order valence-corrected chi connectivity index (χ1v) is 7.50. The second-order valence-electron chi connectivity index (χ2n) is 5.83. The third-order valence-corrected chi connectivity index (χ3v) is 3.85. The lowest BCUT2D eigenvalue weighted by Gasteiger charge is -2.27. The molecule has 0 unspecified atom stereocenters. The fraction of sp³-hybridized carbons (Fsp3) is 0.500. The van der Waals surface area contributed by atoms with E-state index in [0.29, 0.717) is 24.8 Å². The maximum absolute atomic E-state index is 11.7. The minimum absolute atomic E-state index is 0.208. The van der Waals surface area contributed by atoms with Gasteiger partial charge in [0.2, 0.25) is 0 Å². The standard InChI is InChI=1S/C16H21N3O3/c1-10(2)17-7-12-8-22-9-15-18-13-6-11(16(20)21-3)4-5-14(13)19(12)15/h4-6,10,12,17H,7-9H2,1-3H3/t12-/m0/s1. The number of esters is 1. The van der Waals surface area contributed by atoms with Gasteiger partial charge in [0.25, 0.3) is 0 Å². The Kier molecular flexibility index (Phi) is 4.13. The van der Waals surface area contributed by atoms with Crippen LogP contribution in [0, 0.1) is 0 Å². The lowest BCUT2D eigenvalue weighted by Crippen LogP contribution is -2.35. The van der Waals surface area contributed by atoms with E-state index in [1.54, 1.807) is 12.1 Å². The third-order valence-electron chi connectivity index (χ3n) is 3.85. The average Bonchev–Trinajstić information content (AvgIpc) is 2.90. The molecule has 0 bridgehead atoms. The Hall–Kier alpha value is -1.92. The highest BCUT2D eigenvalue weighted by Gasteiger charge is 2.24. The summed E-state index contributed by atoms with van der Waals surface area (Å²) in [5.41, 5.74) is 2.35. The van der Waals surface area contributed by atoms with Crippen molar-refractivity contribution in [3.63, 3.8) is 0 Å². The molecule has 0 fully saturated rings. The first kappa shape index (κ1) is 15.0. The van der Waals surface area contributed by atoms with Gasteiger partial charge in [0, 0.05) is 12.6 Å². The van der Waals surface area contributed by atoms with Gasteiger partial charge in [-0.1, -0.05) is 13.8 Å². The van der Waals surface area contributed by atoms with Crippen molar-refractivity contribution >= 4 is 17.0 Å². The minimum atomic E-state index is -0.345. The molecule has 1 aromatic carbocycles. The van der Waals surface area contributed by atoms with E-state index in [1.807, 2.05) is 6.07 Å². The molecule has 3 rings (SSSR count). The summed E-state index contributed by atoms with van der Waals surface area (Å²) in [5, 5.41) is 3.45. The van der Waals surface area contributed by atoms with E-state index < -0.39 is 0 Å². The van der Waals surface area contributed by atoms with Gasteiger partial charge in [-0.3, -0.25) is 0 Å². The number of carbonyl (C=O) groups is 1. The van der Waals surface area contributed by atoms with Crippen molar-refractivity contribution in [1.29, 1.82) is 0 Å². The zero-order chi connectivity index (χ0) is 15.7. The van der Waals surface area contributed by atoms with Crippen LogP contribution >= 0.6 is 0 Å². The molecule has 1 aromatic heterocycles. The van der Waals surface area contributed by atoms with E-state index >= 15 is 0 Å². The van der Waals surface area contributed by atoms with Crippen LogP contribution in [0.1, 0.15) is 36.1 Å². The third kappa shape index (κ3) is 2.71. The SMILES string of the molecule is COC(=O)c1ccc2c(c1)nc1n2[C@@H](CNC(C)C)COC1. The first-order chi connectivity index (χ1) is 10.6. The van der Waals surface area contributed by atoms with E-state index in [-0.39, 0.29) is 12.0 Å². The highest BCUT2D eigenvalue weighted by molar-refractivity contribution is 5.93. The Morgan fingerprint density at radius 2 is 2.36 bits per heavy atom. The summed E-state index contributed by atoms with van der Waals surface area (Å²) in [4.78, 5) is 16.3. The number of benzene rings is 1. The van der Waals surface area contributed by atoms with E-state index in [0.717, 1.165) is 23.4 Å². The van der Waals surface area contributed by atoms with Crippen molar-refractivity contribution in [2.75, 3.05) is 20.3 Å². The molecule has 0 saturated carbocycles. The number of fused-ring (bicyclic) bond motifs is 3. The molecule has 1 atom stereocenters. The van der Waals surface area contributed by atoms with Crippen LogP contribution < -0.4 is 5.32 Å². The number of carbonyl (C=O) groups excluding carboxylic acids is 1. The topological polar surface area (TPSA) is 65.4 Å². The molecule has 2 heterocycles. The highest BCUT2D eigenvalue weighted by atomic mass is 16.5. The summed E-state index contributed by atoms with van der Waals surface area (Å²) >= 11 is 0. The van der Waals surface area contributed by atoms with Crippen LogP contribution in [0.2, 0.25) is 0 Å². The molecule has 0 saturated heterocycles. The van der Waals surface area contributed by atoms with Crippen molar-refractivity contribution in [2.24, 2.45) is 0 Å². The summed E-state index contributed by atoms with van der Waals surface area (Å²) in [5.74, 6) is 0.556. The van der Waals surface area contributed by atoms with Crippen LogP contribution in [0.25, 0.3) is 11.0 Å². The molecule has 1 aliphatic heterocycles. The largest absolute Gasteiger partial charge is 0.465 e. The summed E-state index contributed by atoms with van der Waals surface area (Å²) in [7, 11) is 1.38. The van der Waals surface area contributed by atoms with E-state index in [4.69, 9.17) is 9.47 Å². The van der Waals surface area contributed by atoms with Gasteiger partial charge < -0.3 is 19.4 Å². The molecule has 1 N–H and O–H groups in total. The van der Waals surface area contributed by atoms with Gasteiger partial charge in [0.05, 0.1) is 36.4 Å². The number of rotatable bonds is 4. The summed E-state index contributed by atoms with van der Waals surface area (Å²) in [6.45, 7) is 6.24. The lowest BCUT2D eigenvalue weighted by atomic mass is 10.2. The summed E-state index contributed by atoms with van der Waals surface area (Å²) < 4.78 is 12.6. The van der Waals surface area contributed by atoms with Crippen LogP contribution in [0.3, 0.4) is 0 Å². The van der Waals surface area contributed by atoms with Crippen LogP contribution in [0.4, 0.5) is 0 Å². The van der Waals surface area contributed by atoms with Crippen LogP contribution in [0.15, 0.2) is 18.2 Å². The van der Waals surface area contributed by atoms with E-state index in [2.05, 4.69) is 28.7 Å². The van der Waals surface area contributed by atoms with Crippen LogP contribution in [-0.4, -0.2) is 41.8 Å². The maximum atomic E-state index is 11.7. The van der Waals surface area contributed by atoms with Gasteiger partial charge in [-0.05, 0) is 18.2 Å². The monoisotopic (exact) mass is 303 g/mol. The van der Waals surface area contributed by atoms with E-state index in [1.165, 1.54) is 7.11 Å². The zero-order valence-corrected chi connectivity index (χ0v) is 13.1. The number of hydrogen-bond acceptors (Lipinski definition) is 5. The second kappa shape index (κ2) is 6.06. The highest BCUT2D eigenvalue weighted by Crippen LogP contribution is 2.26. The smallest absolute Gasteiger partial charge is 0.337 e. The summed E-state index contributed by atoms with van der Waals surface area (Å²) in [6.07, 6.45) is 0. The van der Waals surface area contributed by atoms with Gasteiger partial charge in [0.15, 0.2) is 0 Å². The van der Waals surface area contributed by atoms with Gasteiger partial charge in [0.1, 0.15) is 12.4 Å². The number of imidazole rings is 1. The minimum Gasteiger partial charge on any atom is -0.465 e. The molecule has 0 amide bonds. The Balaban J connectivity index is 1.98. The molecule has 0 radical (unpaired) electrons. The Bertz CT molecular complexity index is 693. The molecular formula is C16H21N3O3. The fourth-order valence-electron chi connectivity index (χ4n) is 2.79. The van der Waals surface area contributed by atoms with Crippen molar-refractivity contribution in [2.45, 2.75) is 32.5 Å². The van der Waals surface area contributed by atoms with Crippen LogP contribution in [-0.2, 0) is 16.1 Å². The Morgan fingerprint density at radius 1 is 1.55 bits per heavy atom. The predicted molar refractivity (Wildman–Crippen MR) is 82.9 cm³/mol. The fourth-order valence-corrected chi connectivity index (χ4v) is 2.79. The normalized spacial score (nSPS) is 17.7. The summed E-state index contributed by atoms with van der Waals surface area (Å²) in [6, 6.07) is 6.13. The number of aromatic nitrogens is 2. The molecule has 6 heteroatoms. The van der Waals surface area contributed by atoms with Crippen molar-refractivity contribution in [3.05, 3.63) is 29.6 Å². The number of methoxy groups -OCH3 is 1. The zero-order valence-electron chi connectivity index (χ0n) is 13.1. The lowest BCUT2D eigenvalue weighted by molar-refractivity contribution is 0.0559. The first-order valence-electron chi connectivity index (χ1n) is 7.50.